The predicted molar refractivity (Wildman–Crippen MR) is 61.6 cm³/mol. The molecule has 94 valence electrons. The number of aliphatic hydroxyl groups excluding tert-OH is 1. The van der Waals surface area contributed by atoms with Gasteiger partial charge in [-0.1, -0.05) is 6.92 Å². The van der Waals surface area contributed by atoms with Crippen LogP contribution in [-0.4, -0.2) is 30.8 Å². The van der Waals surface area contributed by atoms with E-state index in [4.69, 9.17) is 4.74 Å². The van der Waals surface area contributed by atoms with Crippen molar-refractivity contribution in [1.82, 2.24) is 5.32 Å². The minimum atomic E-state index is -0.568. The third kappa shape index (κ3) is 3.71. The van der Waals surface area contributed by atoms with Crippen LogP contribution in [0.15, 0.2) is 18.2 Å². The molecule has 0 aliphatic carbocycles. The van der Waals surface area contributed by atoms with Crippen LogP contribution in [-0.2, 0) is 0 Å². The zero-order valence-corrected chi connectivity index (χ0v) is 9.87. The summed E-state index contributed by atoms with van der Waals surface area (Å²) in [7, 11) is 1.33. The van der Waals surface area contributed by atoms with Crippen molar-refractivity contribution in [3.63, 3.8) is 0 Å². The van der Waals surface area contributed by atoms with Gasteiger partial charge >= 0.3 is 0 Å². The third-order valence-electron chi connectivity index (χ3n) is 2.38. The highest BCUT2D eigenvalue weighted by Crippen LogP contribution is 2.17. The van der Waals surface area contributed by atoms with Crippen molar-refractivity contribution in [1.29, 1.82) is 0 Å². The molecule has 0 saturated carbocycles. The van der Waals surface area contributed by atoms with Crippen molar-refractivity contribution in [2.75, 3.05) is 13.7 Å². The smallest absolute Gasteiger partial charge is 0.251 e. The molecule has 0 bridgehead atoms. The van der Waals surface area contributed by atoms with Gasteiger partial charge in [-0.05, 0) is 24.6 Å². The lowest BCUT2D eigenvalue weighted by Gasteiger charge is -2.10. The van der Waals surface area contributed by atoms with Crippen LogP contribution in [0.4, 0.5) is 4.39 Å². The fraction of sp³-hybridized carbons (Fsp3) is 0.417. The van der Waals surface area contributed by atoms with E-state index in [9.17, 15) is 14.3 Å². The first-order valence-corrected chi connectivity index (χ1v) is 5.38. The molecule has 0 fully saturated rings. The number of benzene rings is 1. The van der Waals surface area contributed by atoms with E-state index in [1.165, 1.54) is 25.3 Å². The van der Waals surface area contributed by atoms with Gasteiger partial charge in [-0.15, -0.1) is 0 Å². The Kier molecular flexibility index (Phi) is 4.90. The van der Waals surface area contributed by atoms with Gasteiger partial charge in [-0.25, -0.2) is 4.39 Å². The van der Waals surface area contributed by atoms with Crippen molar-refractivity contribution in [3.05, 3.63) is 29.6 Å². The van der Waals surface area contributed by atoms with Gasteiger partial charge in [0.05, 0.1) is 13.2 Å². The summed E-state index contributed by atoms with van der Waals surface area (Å²) in [4.78, 5) is 11.6. The van der Waals surface area contributed by atoms with Crippen LogP contribution in [0, 0.1) is 5.82 Å². The Labute approximate surface area is 99.4 Å². The van der Waals surface area contributed by atoms with E-state index in [2.05, 4.69) is 5.32 Å². The SMILES string of the molecule is CCC(O)CNC(=O)c1ccc(F)c(OC)c1. The molecule has 0 aliphatic heterocycles. The second-order valence-electron chi connectivity index (χ2n) is 3.62. The van der Waals surface area contributed by atoms with Crippen molar-refractivity contribution >= 4 is 5.91 Å². The van der Waals surface area contributed by atoms with Crippen LogP contribution >= 0.6 is 0 Å². The quantitative estimate of drug-likeness (QED) is 0.817. The Morgan fingerprint density at radius 2 is 2.29 bits per heavy atom. The lowest BCUT2D eigenvalue weighted by atomic mass is 10.2. The predicted octanol–water partition coefficient (Wildman–Crippen LogP) is 1.34. The van der Waals surface area contributed by atoms with E-state index in [1.807, 2.05) is 6.92 Å². The first-order valence-electron chi connectivity index (χ1n) is 5.38. The van der Waals surface area contributed by atoms with Crippen LogP contribution < -0.4 is 10.1 Å². The average molecular weight is 241 g/mol. The number of halogens is 1. The molecule has 0 spiro atoms. The van der Waals surface area contributed by atoms with Crippen molar-refractivity contribution in [3.8, 4) is 5.75 Å². The lowest BCUT2D eigenvalue weighted by Crippen LogP contribution is -2.31. The number of nitrogens with one attached hydrogen (secondary N) is 1. The monoisotopic (exact) mass is 241 g/mol. The maximum absolute atomic E-state index is 13.1. The van der Waals surface area contributed by atoms with E-state index in [0.29, 0.717) is 12.0 Å². The fourth-order valence-electron chi connectivity index (χ4n) is 1.26. The molecule has 0 heterocycles. The topological polar surface area (TPSA) is 58.6 Å². The number of hydrogen-bond donors (Lipinski definition) is 2. The maximum atomic E-state index is 13.1. The first-order chi connectivity index (χ1) is 8.08. The number of carbonyl (C=O) groups excluding carboxylic acids is 1. The number of aliphatic hydroxyl groups is 1. The van der Waals surface area contributed by atoms with Crippen LogP contribution in [0.1, 0.15) is 23.7 Å². The Hall–Kier alpha value is -1.62. The number of carbonyl (C=O) groups is 1. The van der Waals surface area contributed by atoms with Crippen LogP contribution in [0.2, 0.25) is 0 Å². The third-order valence-corrected chi connectivity index (χ3v) is 2.38. The van der Waals surface area contributed by atoms with E-state index >= 15 is 0 Å². The normalized spacial score (nSPS) is 12.0. The maximum Gasteiger partial charge on any atom is 0.251 e. The summed E-state index contributed by atoms with van der Waals surface area (Å²) in [5.74, 6) is -0.859. The summed E-state index contributed by atoms with van der Waals surface area (Å²) in [6.07, 6.45) is -0.00573. The van der Waals surface area contributed by atoms with Crippen LogP contribution in [0.25, 0.3) is 0 Å². The van der Waals surface area contributed by atoms with Gasteiger partial charge in [0.2, 0.25) is 0 Å². The summed E-state index contributed by atoms with van der Waals surface area (Å²) < 4.78 is 17.9. The molecule has 1 amide bonds. The summed E-state index contributed by atoms with van der Waals surface area (Å²) in [6, 6.07) is 3.86. The molecular weight excluding hydrogens is 225 g/mol. The van der Waals surface area contributed by atoms with Crippen LogP contribution in [0.5, 0.6) is 5.75 Å². The average Bonchev–Trinajstić information content (AvgIpc) is 2.35. The molecule has 1 aromatic rings. The van der Waals surface area contributed by atoms with E-state index in [0.717, 1.165) is 0 Å². The minimum absolute atomic E-state index is 0.0219. The standard InChI is InChI=1S/C12H16FNO3/c1-3-9(15)7-14-12(16)8-4-5-10(13)11(6-8)17-2/h4-6,9,15H,3,7H2,1-2H3,(H,14,16). The molecule has 0 radical (unpaired) electrons. The number of ether oxygens (including phenoxy) is 1. The minimum Gasteiger partial charge on any atom is -0.494 e. The van der Waals surface area contributed by atoms with Crippen molar-refractivity contribution < 1.29 is 19.0 Å². The Bertz CT molecular complexity index is 395. The molecule has 2 N–H and O–H groups in total. The largest absolute Gasteiger partial charge is 0.494 e. The highest BCUT2D eigenvalue weighted by Gasteiger charge is 2.11. The van der Waals surface area contributed by atoms with Gasteiger partial charge in [0, 0.05) is 12.1 Å². The van der Waals surface area contributed by atoms with Crippen LogP contribution in [0.3, 0.4) is 0 Å². The van der Waals surface area contributed by atoms with E-state index < -0.39 is 11.9 Å². The van der Waals surface area contributed by atoms with E-state index in [1.54, 1.807) is 0 Å². The second-order valence-corrected chi connectivity index (χ2v) is 3.62. The zero-order valence-electron chi connectivity index (χ0n) is 9.87. The number of methoxy groups -OCH3 is 1. The number of rotatable bonds is 5. The van der Waals surface area contributed by atoms with Gasteiger partial charge < -0.3 is 15.2 Å². The molecule has 0 aliphatic rings. The van der Waals surface area contributed by atoms with Gasteiger partial charge in [0.25, 0.3) is 5.91 Å². The molecule has 4 nitrogen and oxygen atoms in total. The number of amides is 1. The first kappa shape index (κ1) is 13.4. The second kappa shape index (κ2) is 6.20. The Balaban J connectivity index is 2.69. The summed E-state index contributed by atoms with van der Waals surface area (Å²) in [6.45, 7) is 1.99. The molecule has 5 heteroatoms. The molecule has 1 aromatic carbocycles. The Morgan fingerprint density at radius 3 is 2.88 bits per heavy atom. The van der Waals surface area contributed by atoms with Crippen molar-refractivity contribution in [2.24, 2.45) is 0 Å². The molecule has 1 atom stereocenters. The van der Waals surface area contributed by atoms with Gasteiger partial charge in [0.1, 0.15) is 0 Å². The number of hydrogen-bond acceptors (Lipinski definition) is 3. The molecular formula is C12H16FNO3. The van der Waals surface area contributed by atoms with Gasteiger partial charge in [0.15, 0.2) is 11.6 Å². The van der Waals surface area contributed by atoms with Gasteiger partial charge in [-0.2, -0.15) is 0 Å². The summed E-state index contributed by atoms with van der Waals surface area (Å²) in [5, 5.41) is 11.9. The molecule has 17 heavy (non-hydrogen) atoms. The van der Waals surface area contributed by atoms with Crippen molar-refractivity contribution in [2.45, 2.75) is 19.4 Å². The zero-order chi connectivity index (χ0) is 12.8. The summed E-state index contributed by atoms with van der Waals surface area (Å²) in [5.41, 5.74) is 0.298. The molecule has 1 rings (SSSR count). The Morgan fingerprint density at radius 1 is 1.59 bits per heavy atom. The molecule has 1 unspecified atom stereocenters. The van der Waals surface area contributed by atoms with E-state index in [-0.39, 0.29) is 18.2 Å². The highest BCUT2D eigenvalue weighted by molar-refractivity contribution is 5.94. The summed E-state index contributed by atoms with van der Waals surface area (Å²) >= 11 is 0. The van der Waals surface area contributed by atoms with Gasteiger partial charge in [-0.3, -0.25) is 4.79 Å². The molecule has 0 aromatic heterocycles. The molecule has 0 saturated heterocycles. The fourth-order valence-corrected chi connectivity index (χ4v) is 1.26. The lowest BCUT2D eigenvalue weighted by molar-refractivity contribution is 0.0913. The highest BCUT2D eigenvalue weighted by atomic mass is 19.1.